The summed E-state index contributed by atoms with van der Waals surface area (Å²) in [6.07, 6.45) is 1.33. The molecule has 1 aromatic rings. The third-order valence-electron chi connectivity index (χ3n) is 2.18. The fraction of sp³-hybridized carbons (Fsp3) is 0.462. The van der Waals surface area contributed by atoms with Crippen molar-refractivity contribution in [2.75, 3.05) is 17.3 Å². The first-order chi connectivity index (χ1) is 8.22. The number of hydrogen-bond donors (Lipinski definition) is 1. The van der Waals surface area contributed by atoms with Crippen LogP contribution in [-0.2, 0) is 11.2 Å². The van der Waals surface area contributed by atoms with Crippen molar-refractivity contribution in [1.82, 2.24) is 0 Å². The maximum absolute atomic E-state index is 10.5. The first-order valence-corrected chi connectivity index (χ1v) is 7.87. The van der Waals surface area contributed by atoms with Crippen LogP contribution < -0.4 is 0 Å². The fourth-order valence-electron chi connectivity index (χ4n) is 1.37. The minimum atomic E-state index is -0.776. The first-order valence-electron chi connectivity index (χ1n) is 5.73. The topological polar surface area (TPSA) is 37.3 Å². The molecule has 2 nitrogen and oxygen atoms in total. The lowest BCUT2D eigenvalue weighted by Gasteiger charge is -2.02. The smallest absolute Gasteiger partial charge is 0.307 e. The molecule has 94 valence electrons. The lowest BCUT2D eigenvalue weighted by molar-refractivity contribution is -0.136. The van der Waals surface area contributed by atoms with Gasteiger partial charge in [-0.05, 0) is 41.4 Å². The van der Waals surface area contributed by atoms with Crippen molar-refractivity contribution >= 4 is 29.5 Å². The van der Waals surface area contributed by atoms with Crippen LogP contribution in [0.5, 0.6) is 0 Å². The SMILES string of the molecule is CCSCCCSc1ccc(CC(=O)O)cc1. The largest absolute Gasteiger partial charge is 0.481 e. The van der Waals surface area contributed by atoms with Crippen molar-refractivity contribution in [2.24, 2.45) is 0 Å². The van der Waals surface area contributed by atoms with E-state index in [9.17, 15) is 4.79 Å². The molecular formula is C13H18O2S2. The number of aliphatic carboxylic acids is 1. The highest BCUT2D eigenvalue weighted by Crippen LogP contribution is 2.20. The normalized spacial score (nSPS) is 10.4. The summed E-state index contributed by atoms with van der Waals surface area (Å²) >= 11 is 3.81. The average molecular weight is 270 g/mol. The van der Waals surface area contributed by atoms with Gasteiger partial charge in [0, 0.05) is 4.90 Å². The molecule has 0 bridgehead atoms. The number of thioether (sulfide) groups is 2. The van der Waals surface area contributed by atoms with Gasteiger partial charge in [-0.1, -0.05) is 19.1 Å². The van der Waals surface area contributed by atoms with Gasteiger partial charge in [0.1, 0.15) is 0 Å². The van der Waals surface area contributed by atoms with Crippen LogP contribution in [0.25, 0.3) is 0 Å². The van der Waals surface area contributed by atoms with Gasteiger partial charge in [0.05, 0.1) is 6.42 Å². The van der Waals surface area contributed by atoms with Crippen molar-refractivity contribution in [3.63, 3.8) is 0 Å². The van der Waals surface area contributed by atoms with E-state index in [0.29, 0.717) is 0 Å². The fourth-order valence-corrected chi connectivity index (χ4v) is 3.05. The molecule has 17 heavy (non-hydrogen) atoms. The summed E-state index contributed by atoms with van der Waals surface area (Å²) in [4.78, 5) is 11.7. The third-order valence-corrected chi connectivity index (χ3v) is 4.27. The molecule has 0 aliphatic rings. The van der Waals surface area contributed by atoms with E-state index in [0.717, 1.165) is 11.3 Å². The molecule has 1 N–H and O–H groups in total. The van der Waals surface area contributed by atoms with E-state index < -0.39 is 5.97 Å². The number of carboxylic acids is 1. The van der Waals surface area contributed by atoms with Crippen molar-refractivity contribution in [3.8, 4) is 0 Å². The van der Waals surface area contributed by atoms with Crippen molar-refractivity contribution < 1.29 is 9.90 Å². The molecule has 0 unspecified atom stereocenters. The molecule has 4 heteroatoms. The Morgan fingerprint density at radius 1 is 1.24 bits per heavy atom. The van der Waals surface area contributed by atoms with Crippen molar-refractivity contribution in [1.29, 1.82) is 0 Å². The Balaban J connectivity index is 2.28. The summed E-state index contributed by atoms with van der Waals surface area (Å²) in [6.45, 7) is 2.18. The van der Waals surface area contributed by atoms with Gasteiger partial charge in [-0.2, -0.15) is 11.8 Å². The molecular weight excluding hydrogens is 252 g/mol. The molecule has 0 radical (unpaired) electrons. The maximum Gasteiger partial charge on any atom is 0.307 e. The number of hydrogen-bond acceptors (Lipinski definition) is 3. The van der Waals surface area contributed by atoms with Crippen LogP contribution in [-0.4, -0.2) is 28.3 Å². The predicted molar refractivity (Wildman–Crippen MR) is 76.1 cm³/mol. The maximum atomic E-state index is 10.5. The number of benzene rings is 1. The number of rotatable bonds is 8. The van der Waals surface area contributed by atoms with E-state index in [1.165, 1.54) is 22.8 Å². The van der Waals surface area contributed by atoms with Gasteiger partial charge in [0.15, 0.2) is 0 Å². The van der Waals surface area contributed by atoms with E-state index in [2.05, 4.69) is 6.92 Å². The molecule has 0 heterocycles. The zero-order chi connectivity index (χ0) is 12.5. The molecule has 0 aromatic heterocycles. The van der Waals surface area contributed by atoms with Gasteiger partial charge in [-0.25, -0.2) is 0 Å². The summed E-state index contributed by atoms with van der Waals surface area (Å²) in [5.74, 6) is 2.77. The molecule has 0 amide bonds. The predicted octanol–water partition coefficient (Wildman–Crippen LogP) is 3.55. The van der Waals surface area contributed by atoms with Gasteiger partial charge >= 0.3 is 5.97 Å². The Morgan fingerprint density at radius 2 is 1.94 bits per heavy atom. The van der Waals surface area contributed by atoms with Crippen LogP contribution in [0.3, 0.4) is 0 Å². The number of carboxylic acid groups (broad SMARTS) is 1. The lowest BCUT2D eigenvalue weighted by atomic mass is 10.2. The van der Waals surface area contributed by atoms with Crippen molar-refractivity contribution in [3.05, 3.63) is 29.8 Å². The van der Waals surface area contributed by atoms with Crippen LogP contribution in [0.4, 0.5) is 0 Å². The molecule has 0 aliphatic heterocycles. The highest BCUT2D eigenvalue weighted by Gasteiger charge is 2.00. The summed E-state index contributed by atoms with van der Waals surface area (Å²) in [6, 6.07) is 7.82. The third kappa shape index (κ3) is 6.64. The van der Waals surface area contributed by atoms with Gasteiger partial charge in [-0.3, -0.25) is 4.79 Å². The minimum Gasteiger partial charge on any atom is -0.481 e. The number of carbonyl (C=O) groups is 1. The summed E-state index contributed by atoms with van der Waals surface area (Å²) in [5, 5.41) is 8.65. The quantitative estimate of drug-likeness (QED) is 0.579. The average Bonchev–Trinajstić information content (AvgIpc) is 2.30. The molecule has 0 spiro atoms. The monoisotopic (exact) mass is 270 g/mol. The van der Waals surface area contributed by atoms with E-state index in [1.807, 2.05) is 47.8 Å². The lowest BCUT2D eigenvalue weighted by Crippen LogP contribution is -1.99. The van der Waals surface area contributed by atoms with Gasteiger partial charge < -0.3 is 5.11 Å². The Morgan fingerprint density at radius 3 is 2.53 bits per heavy atom. The van der Waals surface area contributed by atoms with Crippen LogP contribution in [0.1, 0.15) is 18.9 Å². The Kier molecular flexibility index (Phi) is 7.21. The van der Waals surface area contributed by atoms with Crippen LogP contribution >= 0.6 is 23.5 Å². The van der Waals surface area contributed by atoms with Crippen LogP contribution in [0.2, 0.25) is 0 Å². The summed E-state index contributed by atoms with van der Waals surface area (Å²) in [5.41, 5.74) is 0.864. The van der Waals surface area contributed by atoms with E-state index in [1.54, 1.807) is 0 Å². The highest BCUT2D eigenvalue weighted by molar-refractivity contribution is 8.00. The second kappa shape index (κ2) is 8.48. The molecule has 1 aromatic carbocycles. The van der Waals surface area contributed by atoms with E-state index in [4.69, 9.17) is 5.11 Å². The standard InChI is InChI=1S/C13H18O2S2/c1-2-16-8-3-9-17-12-6-4-11(5-7-12)10-13(14)15/h4-7H,2-3,8-10H2,1H3,(H,14,15). The molecule has 0 aliphatic carbocycles. The van der Waals surface area contributed by atoms with Gasteiger partial charge in [-0.15, -0.1) is 11.8 Å². The van der Waals surface area contributed by atoms with E-state index >= 15 is 0 Å². The second-order valence-electron chi connectivity index (χ2n) is 3.61. The molecule has 0 atom stereocenters. The molecule has 0 saturated carbocycles. The Hall–Kier alpha value is -0.610. The van der Waals surface area contributed by atoms with Crippen LogP contribution in [0.15, 0.2) is 29.2 Å². The molecule has 0 fully saturated rings. The summed E-state index contributed by atoms with van der Waals surface area (Å²) < 4.78 is 0. The van der Waals surface area contributed by atoms with E-state index in [-0.39, 0.29) is 6.42 Å². The zero-order valence-electron chi connectivity index (χ0n) is 10.0. The van der Waals surface area contributed by atoms with Gasteiger partial charge in [0.25, 0.3) is 0 Å². The zero-order valence-corrected chi connectivity index (χ0v) is 11.6. The summed E-state index contributed by atoms with van der Waals surface area (Å²) in [7, 11) is 0. The molecule has 0 saturated heterocycles. The first kappa shape index (κ1) is 14.5. The Labute approximate surface area is 111 Å². The highest BCUT2D eigenvalue weighted by atomic mass is 32.2. The second-order valence-corrected chi connectivity index (χ2v) is 6.18. The van der Waals surface area contributed by atoms with Crippen molar-refractivity contribution in [2.45, 2.75) is 24.7 Å². The minimum absolute atomic E-state index is 0.109. The van der Waals surface area contributed by atoms with Gasteiger partial charge in [0.2, 0.25) is 0 Å². The Bertz CT molecular complexity index is 336. The van der Waals surface area contributed by atoms with Crippen LogP contribution in [0, 0.1) is 0 Å². The molecule has 1 rings (SSSR count).